The maximum absolute atomic E-state index is 13.0. The number of pyridine rings is 1. The number of hydrogen-bond acceptors (Lipinski definition) is 4. The minimum Gasteiger partial charge on any atom is -0.465 e. The van der Waals surface area contributed by atoms with Gasteiger partial charge < -0.3 is 14.9 Å². The smallest absolute Gasteiger partial charge is 0.407 e. The monoisotopic (exact) mass is 437 g/mol. The van der Waals surface area contributed by atoms with Crippen LogP contribution in [0.4, 0.5) is 4.79 Å². The Morgan fingerprint density at radius 2 is 1.97 bits per heavy atom. The van der Waals surface area contributed by atoms with E-state index in [0.29, 0.717) is 40.4 Å². The van der Waals surface area contributed by atoms with Crippen LogP contribution in [0.5, 0.6) is 0 Å². The Balaban J connectivity index is 1.66. The lowest BCUT2D eigenvalue weighted by Gasteiger charge is -2.38. The predicted octanol–water partition coefficient (Wildman–Crippen LogP) is 4.19. The molecule has 8 heteroatoms. The quantitative estimate of drug-likeness (QED) is 0.620. The van der Waals surface area contributed by atoms with Crippen LogP contribution in [0.1, 0.15) is 27.6 Å². The molecule has 31 heavy (non-hydrogen) atoms. The molecule has 158 valence electrons. The summed E-state index contributed by atoms with van der Waals surface area (Å²) in [5.41, 5.74) is 2.93. The summed E-state index contributed by atoms with van der Waals surface area (Å²) < 4.78 is 0. The number of aldehydes is 1. The van der Waals surface area contributed by atoms with Crippen LogP contribution in [0, 0.1) is 0 Å². The number of benzene rings is 2. The highest BCUT2D eigenvalue weighted by atomic mass is 35.5. The van der Waals surface area contributed by atoms with Gasteiger partial charge in [-0.25, -0.2) is 9.78 Å². The van der Waals surface area contributed by atoms with Crippen molar-refractivity contribution in [1.82, 2.24) is 14.8 Å². The van der Waals surface area contributed by atoms with E-state index >= 15 is 0 Å². The van der Waals surface area contributed by atoms with Crippen molar-refractivity contribution in [2.24, 2.45) is 0 Å². The van der Waals surface area contributed by atoms with Crippen molar-refractivity contribution in [3.8, 4) is 11.3 Å². The zero-order chi connectivity index (χ0) is 22.1. The lowest BCUT2D eigenvalue weighted by atomic mass is 10.0. The molecule has 0 radical (unpaired) electrons. The van der Waals surface area contributed by atoms with Crippen LogP contribution < -0.4 is 0 Å². The molecular weight excluding hydrogens is 418 g/mol. The molecule has 0 spiro atoms. The van der Waals surface area contributed by atoms with Crippen molar-refractivity contribution in [2.45, 2.75) is 13.0 Å². The molecule has 1 aromatic heterocycles. The van der Waals surface area contributed by atoms with E-state index in [0.717, 1.165) is 17.2 Å². The standard InChI is InChI=1S/C23H20ClN3O4/c1-14-12-26(7-8-27(14)23(30)31)22(29)17-5-6-18-19(24)11-20(25-21(18)10-17)16-4-2-3-15(9-16)13-28/h2-6,9-11,13-14H,7-8,12H2,1H3,(H,30,31). The summed E-state index contributed by atoms with van der Waals surface area (Å²) in [6, 6.07) is 13.7. The third kappa shape index (κ3) is 4.09. The summed E-state index contributed by atoms with van der Waals surface area (Å²) in [7, 11) is 0. The number of rotatable bonds is 3. The van der Waals surface area contributed by atoms with Gasteiger partial charge in [-0.2, -0.15) is 0 Å². The fraction of sp³-hybridized carbons (Fsp3) is 0.217. The fourth-order valence-electron chi connectivity index (χ4n) is 3.85. The number of nitrogens with zero attached hydrogens (tertiary/aromatic N) is 3. The Labute approximate surface area is 183 Å². The van der Waals surface area contributed by atoms with E-state index in [9.17, 15) is 19.5 Å². The van der Waals surface area contributed by atoms with Gasteiger partial charge in [-0.1, -0.05) is 35.9 Å². The molecule has 4 rings (SSSR count). The van der Waals surface area contributed by atoms with Gasteiger partial charge in [0.25, 0.3) is 5.91 Å². The Kier molecular flexibility index (Phi) is 5.61. The first-order valence-electron chi connectivity index (χ1n) is 9.82. The molecule has 1 aliphatic heterocycles. The highest BCUT2D eigenvalue weighted by Gasteiger charge is 2.30. The van der Waals surface area contributed by atoms with Crippen molar-refractivity contribution >= 4 is 40.8 Å². The number of fused-ring (bicyclic) bond motifs is 1. The highest BCUT2D eigenvalue weighted by Crippen LogP contribution is 2.29. The van der Waals surface area contributed by atoms with Gasteiger partial charge in [-0.15, -0.1) is 0 Å². The number of amides is 2. The molecule has 7 nitrogen and oxygen atoms in total. The van der Waals surface area contributed by atoms with Crippen LogP contribution in [0.2, 0.25) is 5.02 Å². The number of carbonyl (C=O) groups excluding carboxylic acids is 2. The third-order valence-corrected chi connectivity index (χ3v) is 5.80. The normalized spacial score (nSPS) is 16.4. The number of hydrogen-bond donors (Lipinski definition) is 1. The summed E-state index contributed by atoms with van der Waals surface area (Å²) >= 11 is 6.47. The maximum atomic E-state index is 13.0. The average molecular weight is 438 g/mol. The van der Waals surface area contributed by atoms with E-state index in [2.05, 4.69) is 4.98 Å². The van der Waals surface area contributed by atoms with Crippen LogP contribution >= 0.6 is 11.6 Å². The first kappa shape index (κ1) is 20.8. The second kappa shape index (κ2) is 8.35. The second-order valence-electron chi connectivity index (χ2n) is 7.54. The first-order valence-corrected chi connectivity index (χ1v) is 10.2. The molecular formula is C23H20ClN3O4. The van der Waals surface area contributed by atoms with Crippen molar-refractivity contribution in [3.05, 3.63) is 64.7 Å². The number of carbonyl (C=O) groups is 3. The molecule has 1 N–H and O–H groups in total. The Morgan fingerprint density at radius 1 is 1.16 bits per heavy atom. The molecule has 1 fully saturated rings. The van der Waals surface area contributed by atoms with E-state index < -0.39 is 6.09 Å². The summed E-state index contributed by atoms with van der Waals surface area (Å²) in [5, 5.41) is 10.4. The zero-order valence-corrected chi connectivity index (χ0v) is 17.5. The van der Waals surface area contributed by atoms with E-state index in [1.165, 1.54) is 4.90 Å². The van der Waals surface area contributed by atoms with Crippen LogP contribution in [0.15, 0.2) is 48.5 Å². The first-order chi connectivity index (χ1) is 14.9. The molecule has 2 amide bonds. The molecule has 2 aromatic carbocycles. The zero-order valence-electron chi connectivity index (χ0n) is 16.8. The Hall–Kier alpha value is -3.45. The van der Waals surface area contributed by atoms with Crippen molar-refractivity contribution < 1.29 is 19.5 Å². The van der Waals surface area contributed by atoms with Crippen molar-refractivity contribution in [2.75, 3.05) is 19.6 Å². The second-order valence-corrected chi connectivity index (χ2v) is 7.95. The topological polar surface area (TPSA) is 90.8 Å². The van der Waals surface area contributed by atoms with Gasteiger partial charge in [-0.05, 0) is 31.2 Å². The molecule has 1 atom stereocenters. The van der Waals surface area contributed by atoms with Crippen LogP contribution in [0.3, 0.4) is 0 Å². The van der Waals surface area contributed by atoms with Gasteiger partial charge in [-0.3, -0.25) is 9.59 Å². The largest absolute Gasteiger partial charge is 0.465 e. The summed E-state index contributed by atoms with van der Waals surface area (Å²) in [4.78, 5) is 43.1. The van der Waals surface area contributed by atoms with Gasteiger partial charge >= 0.3 is 6.09 Å². The molecule has 0 saturated carbocycles. The number of piperazine rings is 1. The van der Waals surface area contributed by atoms with Crippen LogP contribution in [0.25, 0.3) is 22.2 Å². The van der Waals surface area contributed by atoms with Crippen LogP contribution in [-0.2, 0) is 0 Å². The Bertz CT molecular complexity index is 1200. The minimum absolute atomic E-state index is 0.176. The summed E-state index contributed by atoms with van der Waals surface area (Å²) in [6.45, 7) is 2.72. The average Bonchev–Trinajstić information content (AvgIpc) is 2.77. The van der Waals surface area contributed by atoms with Gasteiger partial charge in [0.2, 0.25) is 0 Å². The van der Waals surface area contributed by atoms with Crippen LogP contribution in [-0.4, -0.2) is 63.9 Å². The number of aromatic nitrogens is 1. The van der Waals surface area contributed by atoms with E-state index in [4.69, 9.17) is 11.6 Å². The van der Waals surface area contributed by atoms with Gasteiger partial charge in [0.05, 0.1) is 16.2 Å². The predicted molar refractivity (Wildman–Crippen MR) is 118 cm³/mol. The number of halogens is 1. The molecule has 2 heterocycles. The van der Waals surface area contributed by atoms with E-state index in [-0.39, 0.29) is 18.5 Å². The molecule has 1 unspecified atom stereocenters. The molecule has 0 aliphatic carbocycles. The fourth-order valence-corrected chi connectivity index (χ4v) is 4.11. The van der Waals surface area contributed by atoms with Crippen molar-refractivity contribution in [1.29, 1.82) is 0 Å². The lowest BCUT2D eigenvalue weighted by molar-refractivity contribution is 0.0507. The van der Waals surface area contributed by atoms with Gasteiger partial charge in [0.1, 0.15) is 6.29 Å². The van der Waals surface area contributed by atoms with E-state index in [1.807, 2.05) is 6.07 Å². The highest BCUT2D eigenvalue weighted by molar-refractivity contribution is 6.35. The SMILES string of the molecule is CC1CN(C(=O)c2ccc3c(Cl)cc(-c4cccc(C=O)c4)nc3c2)CCN1C(=O)O. The maximum Gasteiger partial charge on any atom is 0.407 e. The molecule has 3 aromatic rings. The van der Waals surface area contributed by atoms with E-state index in [1.54, 1.807) is 54.3 Å². The third-order valence-electron chi connectivity index (χ3n) is 5.49. The minimum atomic E-state index is -0.977. The Morgan fingerprint density at radius 3 is 2.68 bits per heavy atom. The molecule has 0 bridgehead atoms. The van der Waals surface area contributed by atoms with Gasteiger partial charge in [0, 0.05) is 47.8 Å². The van der Waals surface area contributed by atoms with Crippen molar-refractivity contribution in [3.63, 3.8) is 0 Å². The summed E-state index contributed by atoms with van der Waals surface area (Å²) in [5.74, 6) is -0.176. The van der Waals surface area contributed by atoms with Gasteiger partial charge in [0.15, 0.2) is 0 Å². The molecule has 1 aliphatic rings. The lowest BCUT2D eigenvalue weighted by Crippen LogP contribution is -2.55. The molecule has 1 saturated heterocycles. The number of carboxylic acid groups (broad SMARTS) is 1. The summed E-state index contributed by atoms with van der Waals surface area (Å²) in [6.07, 6.45) is -0.205.